The largest absolute Gasteiger partial charge is 0.294 e. The lowest BCUT2D eigenvalue weighted by Crippen LogP contribution is -2.11. The van der Waals surface area contributed by atoms with Crippen molar-refractivity contribution in [3.63, 3.8) is 0 Å². The van der Waals surface area contributed by atoms with Crippen molar-refractivity contribution >= 4 is 5.78 Å². The van der Waals surface area contributed by atoms with E-state index in [2.05, 4.69) is 43.3 Å². The maximum Gasteiger partial charge on any atom is 0.165 e. The summed E-state index contributed by atoms with van der Waals surface area (Å²) in [7, 11) is 0. The molecule has 0 heterocycles. The van der Waals surface area contributed by atoms with E-state index in [-0.39, 0.29) is 11.7 Å². The van der Waals surface area contributed by atoms with Gasteiger partial charge in [0, 0.05) is 11.5 Å². The monoisotopic (exact) mass is 264 g/mol. The molecule has 1 atom stereocenters. The number of Topliss-reactive ketones (excluding diaryl/α,β-unsaturated/α-hetero) is 1. The van der Waals surface area contributed by atoms with E-state index in [1.165, 1.54) is 22.3 Å². The lowest BCUT2D eigenvalue weighted by atomic mass is 9.93. The molecular formula is C19H20O. The van der Waals surface area contributed by atoms with Gasteiger partial charge in [0.05, 0.1) is 0 Å². The van der Waals surface area contributed by atoms with Crippen molar-refractivity contribution in [1.29, 1.82) is 0 Å². The van der Waals surface area contributed by atoms with Gasteiger partial charge in [-0.3, -0.25) is 4.79 Å². The number of benzene rings is 2. The molecule has 2 aromatic carbocycles. The highest BCUT2D eigenvalue weighted by Gasteiger charge is 2.21. The van der Waals surface area contributed by atoms with Crippen molar-refractivity contribution in [2.75, 3.05) is 0 Å². The van der Waals surface area contributed by atoms with Crippen molar-refractivity contribution in [3.8, 4) is 11.1 Å². The van der Waals surface area contributed by atoms with Crippen LogP contribution < -0.4 is 0 Å². The lowest BCUT2D eigenvalue weighted by Gasteiger charge is -2.10. The molecule has 0 aliphatic heterocycles. The zero-order valence-electron chi connectivity index (χ0n) is 12.1. The predicted molar refractivity (Wildman–Crippen MR) is 83.1 cm³/mol. The molecule has 1 heteroatoms. The number of carbonyl (C=O) groups excluding carboxylic acids is 1. The minimum atomic E-state index is 0.120. The standard InChI is InChI=1S/C19H20O/c1-3-6-13(2)19(20)16-10-9-15-11-14-7-4-5-8-17(14)18(15)12-16/h4-5,7-10,12-13H,3,6,11H2,1-2H3. The summed E-state index contributed by atoms with van der Waals surface area (Å²) in [6.45, 7) is 4.16. The molecule has 1 aliphatic carbocycles. The average Bonchev–Trinajstić information content (AvgIpc) is 2.84. The van der Waals surface area contributed by atoms with Gasteiger partial charge >= 0.3 is 0 Å². The van der Waals surface area contributed by atoms with E-state index in [1.54, 1.807) is 0 Å². The van der Waals surface area contributed by atoms with E-state index in [4.69, 9.17) is 0 Å². The molecule has 0 amide bonds. The molecule has 0 radical (unpaired) electrons. The van der Waals surface area contributed by atoms with Crippen LogP contribution in [0.1, 0.15) is 48.2 Å². The fourth-order valence-corrected chi connectivity index (χ4v) is 3.13. The number of fused-ring (bicyclic) bond motifs is 3. The van der Waals surface area contributed by atoms with E-state index in [9.17, 15) is 4.79 Å². The molecular weight excluding hydrogens is 244 g/mol. The molecule has 0 spiro atoms. The highest BCUT2D eigenvalue weighted by Crippen LogP contribution is 2.37. The van der Waals surface area contributed by atoms with Gasteiger partial charge < -0.3 is 0 Å². The first-order valence-electron chi connectivity index (χ1n) is 7.46. The molecule has 2 aromatic rings. The van der Waals surface area contributed by atoms with Crippen LogP contribution in [0.5, 0.6) is 0 Å². The molecule has 1 unspecified atom stereocenters. The van der Waals surface area contributed by atoms with Crippen LogP contribution >= 0.6 is 0 Å². The summed E-state index contributed by atoms with van der Waals surface area (Å²) in [5.41, 5.74) is 6.11. The first-order chi connectivity index (χ1) is 9.70. The molecule has 0 saturated carbocycles. The highest BCUT2D eigenvalue weighted by atomic mass is 16.1. The highest BCUT2D eigenvalue weighted by molar-refractivity contribution is 5.99. The molecule has 102 valence electrons. The lowest BCUT2D eigenvalue weighted by molar-refractivity contribution is 0.0923. The van der Waals surface area contributed by atoms with Crippen LogP contribution in [-0.4, -0.2) is 5.78 Å². The third-order valence-corrected chi connectivity index (χ3v) is 4.25. The summed E-state index contributed by atoms with van der Waals surface area (Å²) in [5.74, 6) is 0.397. The molecule has 1 nitrogen and oxygen atoms in total. The second-order valence-corrected chi connectivity index (χ2v) is 5.76. The Hall–Kier alpha value is -1.89. The minimum Gasteiger partial charge on any atom is -0.294 e. The van der Waals surface area contributed by atoms with E-state index in [0.29, 0.717) is 0 Å². The van der Waals surface area contributed by atoms with Crippen molar-refractivity contribution in [1.82, 2.24) is 0 Å². The van der Waals surface area contributed by atoms with Crippen LogP contribution in [0.3, 0.4) is 0 Å². The molecule has 20 heavy (non-hydrogen) atoms. The van der Waals surface area contributed by atoms with E-state index < -0.39 is 0 Å². The van der Waals surface area contributed by atoms with E-state index >= 15 is 0 Å². The Labute approximate surface area is 120 Å². The van der Waals surface area contributed by atoms with Crippen LogP contribution in [0.2, 0.25) is 0 Å². The van der Waals surface area contributed by atoms with Crippen LogP contribution in [0.4, 0.5) is 0 Å². The van der Waals surface area contributed by atoms with Gasteiger partial charge in [0.2, 0.25) is 0 Å². The zero-order chi connectivity index (χ0) is 14.1. The van der Waals surface area contributed by atoms with Crippen molar-refractivity contribution in [3.05, 3.63) is 59.2 Å². The van der Waals surface area contributed by atoms with Crippen molar-refractivity contribution in [2.45, 2.75) is 33.1 Å². The first kappa shape index (κ1) is 13.1. The fraction of sp³-hybridized carbons (Fsp3) is 0.316. The Morgan fingerprint density at radius 3 is 2.65 bits per heavy atom. The third kappa shape index (κ3) is 2.18. The van der Waals surface area contributed by atoms with Crippen LogP contribution in [-0.2, 0) is 6.42 Å². The SMILES string of the molecule is CCCC(C)C(=O)c1ccc2c(c1)-c1ccccc1C2. The van der Waals surface area contributed by atoms with Crippen molar-refractivity contribution < 1.29 is 4.79 Å². The van der Waals surface area contributed by atoms with Gasteiger partial charge in [0.15, 0.2) is 5.78 Å². The molecule has 0 N–H and O–H groups in total. The number of ketones is 1. The molecule has 0 aromatic heterocycles. The molecule has 1 aliphatic rings. The molecule has 0 fully saturated rings. The zero-order valence-corrected chi connectivity index (χ0v) is 12.1. The van der Waals surface area contributed by atoms with Gasteiger partial charge in [-0.1, -0.05) is 56.7 Å². The van der Waals surface area contributed by atoms with Gasteiger partial charge in [0.25, 0.3) is 0 Å². The Morgan fingerprint density at radius 1 is 1.10 bits per heavy atom. The smallest absolute Gasteiger partial charge is 0.165 e. The number of hydrogen-bond donors (Lipinski definition) is 0. The van der Waals surface area contributed by atoms with E-state index in [1.807, 2.05) is 13.0 Å². The average molecular weight is 264 g/mol. The number of rotatable bonds is 4. The Bertz CT molecular complexity index is 655. The van der Waals surface area contributed by atoms with Gasteiger partial charge in [-0.15, -0.1) is 0 Å². The summed E-state index contributed by atoms with van der Waals surface area (Å²) in [5, 5.41) is 0. The predicted octanol–water partition coefficient (Wildman–Crippen LogP) is 4.88. The summed E-state index contributed by atoms with van der Waals surface area (Å²) in [6.07, 6.45) is 3.01. The summed E-state index contributed by atoms with van der Waals surface area (Å²) in [6, 6.07) is 14.7. The van der Waals surface area contributed by atoms with Gasteiger partial charge in [-0.05, 0) is 41.2 Å². The second-order valence-electron chi connectivity index (χ2n) is 5.76. The Morgan fingerprint density at radius 2 is 1.85 bits per heavy atom. The van der Waals surface area contributed by atoms with Crippen LogP contribution in [0.15, 0.2) is 42.5 Å². The molecule has 0 saturated heterocycles. The summed E-state index contributed by atoms with van der Waals surface area (Å²) < 4.78 is 0. The quantitative estimate of drug-likeness (QED) is 0.614. The fourth-order valence-electron chi connectivity index (χ4n) is 3.13. The third-order valence-electron chi connectivity index (χ3n) is 4.25. The number of hydrogen-bond acceptors (Lipinski definition) is 1. The van der Waals surface area contributed by atoms with Crippen LogP contribution in [0.25, 0.3) is 11.1 Å². The number of carbonyl (C=O) groups is 1. The van der Waals surface area contributed by atoms with Crippen molar-refractivity contribution in [2.24, 2.45) is 5.92 Å². The maximum atomic E-state index is 12.4. The van der Waals surface area contributed by atoms with E-state index in [0.717, 1.165) is 24.8 Å². The maximum absolute atomic E-state index is 12.4. The Kier molecular flexibility index (Phi) is 3.43. The first-order valence-corrected chi connectivity index (χ1v) is 7.46. The summed E-state index contributed by atoms with van der Waals surface area (Å²) in [4.78, 5) is 12.4. The summed E-state index contributed by atoms with van der Waals surface area (Å²) >= 11 is 0. The Balaban J connectivity index is 1.97. The molecule has 0 bridgehead atoms. The minimum absolute atomic E-state index is 0.120. The van der Waals surface area contributed by atoms with Gasteiger partial charge in [-0.2, -0.15) is 0 Å². The van der Waals surface area contributed by atoms with Crippen LogP contribution in [0, 0.1) is 5.92 Å². The van der Waals surface area contributed by atoms with Gasteiger partial charge in [-0.25, -0.2) is 0 Å². The molecule has 3 rings (SSSR count). The normalized spacial score (nSPS) is 13.7. The second kappa shape index (κ2) is 5.24. The van der Waals surface area contributed by atoms with Gasteiger partial charge in [0.1, 0.15) is 0 Å². The topological polar surface area (TPSA) is 17.1 Å².